The molecule has 3 aromatic rings. The Morgan fingerprint density at radius 1 is 1.00 bits per heavy atom. The van der Waals surface area contributed by atoms with E-state index in [4.69, 9.17) is 4.98 Å². The summed E-state index contributed by atoms with van der Waals surface area (Å²) in [7, 11) is 0. The van der Waals surface area contributed by atoms with Gasteiger partial charge in [0.2, 0.25) is 5.95 Å². The number of aryl methyl sites for hydroxylation is 1. The van der Waals surface area contributed by atoms with Gasteiger partial charge in [-0.1, -0.05) is 12.1 Å². The second-order valence-corrected chi connectivity index (χ2v) is 7.85. The van der Waals surface area contributed by atoms with E-state index < -0.39 is 0 Å². The fourth-order valence-corrected chi connectivity index (χ4v) is 4.73. The highest BCUT2D eigenvalue weighted by Gasteiger charge is 2.33. The molecule has 0 saturated carbocycles. The Morgan fingerprint density at radius 2 is 1.79 bits per heavy atom. The van der Waals surface area contributed by atoms with Crippen LogP contribution in [0.5, 0.6) is 0 Å². The lowest BCUT2D eigenvalue weighted by molar-refractivity contribution is 0.0886. The van der Waals surface area contributed by atoms with Crippen LogP contribution >= 0.6 is 11.6 Å². The number of rotatable bonds is 3. The zero-order valence-electron chi connectivity index (χ0n) is 17.2. The van der Waals surface area contributed by atoms with Crippen LogP contribution in [-0.2, 0) is 6.54 Å². The van der Waals surface area contributed by atoms with Crippen LogP contribution in [0.15, 0.2) is 42.7 Å². The minimum Gasteiger partial charge on any atom is -0.338 e. The lowest BCUT2D eigenvalue weighted by Gasteiger charge is -2.46. The Hall–Kier alpha value is -2.18. The van der Waals surface area contributed by atoms with Crippen molar-refractivity contribution >= 4 is 28.6 Å². The molecule has 29 heavy (non-hydrogen) atoms. The SMILES string of the molecule is CCl.Cc1nc2ccccc2n1C[C@@H]1CCC2CN(c3ncccn3)CCN2C1. The average Bonchev–Trinajstić information content (AvgIpc) is 3.10. The first-order valence-electron chi connectivity index (χ1n) is 10.3. The van der Waals surface area contributed by atoms with Gasteiger partial charge in [0, 0.05) is 57.5 Å². The molecule has 2 atom stereocenters. The predicted molar refractivity (Wildman–Crippen MR) is 119 cm³/mol. The average molecular weight is 413 g/mol. The fraction of sp³-hybridized carbons (Fsp3) is 0.500. The summed E-state index contributed by atoms with van der Waals surface area (Å²) in [5.74, 6) is 2.70. The molecule has 0 radical (unpaired) electrons. The van der Waals surface area contributed by atoms with Gasteiger partial charge in [0.1, 0.15) is 5.82 Å². The summed E-state index contributed by atoms with van der Waals surface area (Å²) in [6, 6.07) is 11.0. The molecule has 4 heterocycles. The highest BCUT2D eigenvalue weighted by atomic mass is 35.5. The van der Waals surface area contributed by atoms with Crippen molar-refractivity contribution in [2.45, 2.75) is 32.4 Å². The van der Waals surface area contributed by atoms with Crippen molar-refractivity contribution in [1.82, 2.24) is 24.4 Å². The first-order chi connectivity index (χ1) is 14.3. The number of piperidine rings is 1. The monoisotopic (exact) mass is 412 g/mol. The zero-order chi connectivity index (χ0) is 20.2. The molecule has 1 unspecified atom stereocenters. The van der Waals surface area contributed by atoms with Crippen LogP contribution < -0.4 is 4.90 Å². The van der Waals surface area contributed by atoms with E-state index in [1.165, 1.54) is 31.3 Å². The summed E-state index contributed by atoms with van der Waals surface area (Å²) >= 11 is 4.64. The number of hydrogen-bond donors (Lipinski definition) is 0. The van der Waals surface area contributed by atoms with E-state index in [-0.39, 0.29) is 0 Å². The van der Waals surface area contributed by atoms with Gasteiger partial charge in [-0.25, -0.2) is 15.0 Å². The first-order valence-corrected chi connectivity index (χ1v) is 11.1. The third-order valence-electron chi connectivity index (χ3n) is 6.13. The molecular weight excluding hydrogens is 384 g/mol. The molecule has 2 aliphatic heterocycles. The number of alkyl halides is 1. The number of imidazole rings is 1. The van der Waals surface area contributed by atoms with Crippen LogP contribution in [-0.4, -0.2) is 63.0 Å². The van der Waals surface area contributed by atoms with Crippen LogP contribution in [0.3, 0.4) is 0 Å². The molecule has 2 aliphatic rings. The maximum atomic E-state index is 4.73. The van der Waals surface area contributed by atoms with Gasteiger partial charge in [-0.15, -0.1) is 11.6 Å². The van der Waals surface area contributed by atoms with E-state index >= 15 is 0 Å². The normalized spacial score (nSPS) is 22.1. The lowest BCUT2D eigenvalue weighted by Crippen LogP contribution is -2.57. The zero-order valence-corrected chi connectivity index (χ0v) is 18.0. The Morgan fingerprint density at radius 3 is 2.62 bits per heavy atom. The minimum atomic E-state index is 0.624. The summed E-state index contributed by atoms with van der Waals surface area (Å²) in [6.45, 7) is 7.54. The van der Waals surface area contributed by atoms with Crippen molar-refractivity contribution in [1.29, 1.82) is 0 Å². The Labute approximate surface area is 177 Å². The largest absolute Gasteiger partial charge is 0.338 e. The standard InChI is InChI=1S/C21H26N6.CH3Cl/c1-16-24-19-5-2-3-6-20(19)27(16)14-17-7-8-18-15-26(12-11-25(18)13-17)21-22-9-4-10-23-21;1-2/h2-6,9-10,17-18H,7-8,11-15H2,1H3;1H3/t17-,18?;/m1./s1. The number of piperazine rings is 1. The van der Waals surface area contributed by atoms with Crippen LogP contribution in [0.25, 0.3) is 11.0 Å². The van der Waals surface area contributed by atoms with Gasteiger partial charge in [0.15, 0.2) is 0 Å². The highest BCUT2D eigenvalue weighted by molar-refractivity contribution is 6.15. The number of aromatic nitrogens is 4. The Bertz CT molecular complexity index is 927. The molecule has 5 rings (SSSR count). The summed E-state index contributed by atoms with van der Waals surface area (Å²) in [5, 5.41) is 0. The van der Waals surface area contributed by atoms with Crippen LogP contribution in [0.2, 0.25) is 0 Å². The molecule has 1 aromatic carbocycles. The number of nitrogens with zero attached hydrogens (tertiary/aromatic N) is 6. The van der Waals surface area contributed by atoms with Crippen molar-refractivity contribution in [3.63, 3.8) is 0 Å². The topological polar surface area (TPSA) is 50.1 Å². The van der Waals surface area contributed by atoms with Crippen molar-refractivity contribution in [3.8, 4) is 0 Å². The van der Waals surface area contributed by atoms with Gasteiger partial charge in [-0.05, 0) is 43.9 Å². The molecule has 0 N–H and O–H groups in total. The van der Waals surface area contributed by atoms with Crippen molar-refractivity contribution < 1.29 is 0 Å². The summed E-state index contributed by atoms with van der Waals surface area (Å²) in [5.41, 5.74) is 2.38. The van der Waals surface area contributed by atoms with Gasteiger partial charge < -0.3 is 9.47 Å². The summed E-state index contributed by atoms with van der Waals surface area (Å²) in [6.07, 6.45) is 7.67. The molecule has 0 spiro atoms. The third-order valence-corrected chi connectivity index (χ3v) is 6.13. The quantitative estimate of drug-likeness (QED) is 0.615. The van der Waals surface area contributed by atoms with Crippen LogP contribution in [0, 0.1) is 12.8 Å². The second-order valence-electron chi connectivity index (χ2n) is 7.85. The Kier molecular flexibility index (Phi) is 6.31. The van der Waals surface area contributed by atoms with E-state index in [1.54, 1.807) is 0 Å². The molecule has 2 aromatic heterocycles. The van der Waals surface area contributed by atoms with Crippen LogP contribution in [0.4, 0.5) is 5.95 Å². The van der Waals surface area contributed by atoms with E-state index in [1.807, 2.05) is 18.5 Å². The molecule has 2 fully saturated rings. The maximum absolute atomic E-state index is 4.73. The number of benzene rings is 1. The third kappa shape index (κ3) is 4.23. The summed E-state index contributed by atoms with van der Waals surface area (Å²) < 4.78 is 2.41. The van der Waals surface area contributed by atoms with E-state index in [2.05, 4.69) is 67.1 Å². The summed E-state index contributed by atoms with van der Waals surface area (Å²) in [4.78, 5) is 18.6. The highest BCUT2D eigenvalue weighted by Crippen LogP contribution is 2.28. The molecule has 0 amide bonds. The minimum absolute atomic E-state index is 0.624. The molecule has 0 aliphatic carbocycles. The molecular formula is C22H29ClN6. The molecule has 7 heteroatoms. The van der Waals surface area contributed by atoms with Crippen molar-refractivity contribution in [2.75, 3.05) is 37.5 Å². The molecule has 6 nitrogen and oxygen atoms in total. The number of anilines is 1. The van der Waals surface area contributed by atoms with E-state index in [0.717, 1.165) is 43.5 Å². The van der Waals surface area contributed by atoms with Gasteiger partial charge in [-0.3, -0.25) is 4.90 Å². The van der Waals surface area contributed by atoms with Gasteiger partial charge in [0.05, 0.1) is 11.0 Å². The lowest BCUT2D eigenvalue weighted by atomic mass is 9.91. The molecule has 154 valence electrons. The van der Waals surface area contributed by atoms with Gasteiger partial charge >= 0.3 is 0 Å². The second kappa shape index (κ2) is 9.09. The number of para-hydroxylation sites is 2. The van der Waals surface area contributed by atoms with Crippen LogP contribution in [0.1, 0.15) is 18.7 Å². The first kappa shape index (κ1) is 20.1. The predicted octanol–water partition coefficient (Wildman–Crippen LogP) is 3.59. The van der Waals surface area contributed by atoms with Gasteiger partial charge in [0.25, 0.3) is 0 Å². The van der Waals surface area contributed by atoms with E-state index in [0.29, 0.717) is 12.0 Å². The maximum Gasteiger partial charge on any atom is 0.225 e. The number of fused-ring (bicyclic) bond motifs is 2. The van der Waals surface area contributed by atoms with E-state index in [9.17, 15) is 0 Å². The fourth-order valence-electron chi connectivity index (χ4n) is 4.73. The van der Waals surface area contributed by atoms with Crippen molar-refractivity contribution in [2.24, 2.45) is 5.92 Å². The number of halogens is 1. The smallest absolute Gasteiger partial charge is 0.225 e. The number of hydrogen-bond acceptors (Lipinski definition) is 5. The molecule has 0 bridgehead atoms. The Balaban J connectivity index is 0.000000994. The molecule has 2 saturated heterocycles. The van der Waals surface area contributed by atoms with Crippen molar-refractivity contribution in [3.05, 3.63) is 48.5 Å². The van der Waals surface area contributed by atoms with Gasteiger partial charge in [-0.2, -0.15) is 0 Å².